The molecule has 2 rings (SSSR count). The van der Waals surface area contributed by atoms with Crippen LogP contribution >= 0.6 is 11.3 Å². The van der Waals surface area contributed by atoms with Gasteiger partial charge in [-0.05, 0) is 23.6 Å². The molecule has 2 N–H and O–H groups in total. The first-order chi connectivity index (χ1) is 10.1. The summed E-state index contributed by atoms with van der Waals surface area (Å²) < 4.78 is 5.27. The van der Waals surface area contributed by atoms with Crippen LogP contribution in [0.5, 0.6) is 5.75 Å². The summed E-state index contributed by atoms with van der Waals surface area (Å²) in [6.07, 6.45) is 0. The zero-order chi connectivity index (χ0) is 15.2. The summed E-state index contributed by atoms with van der Waals surface area (Å²) in [5, 5.41) is 16.9. The average Bonchev–Trinajstić information content (AvgIpc) is 2.91. The van der Waals surface area contributed by atoms with Crippen LogP contribution in [0.2, 0.25) is 0 Å². The van der Waals surface area contributed by atoms with Crippen molar-refractivity contribution in [2.24, 2.45) is 0 Å². The molecule has 0 spiro atoms. The molecule has 0 saturated heterocycles. The highest BCUT2D eigenvalue weighted by molar-refractivity contribution is 7.10. The van der Waals surface area contributed by atoms with Gasteiger partial charge in [-0.1, -0.05) is 0 Å². The van der Waals surface area contributed by atoms with E-state index in [0.29, 0.717) is 17.9 Å². The molecule has 2 aromatic rings. The maximum atomic E-state index is 11.1. The zero-order valence-electron chi connectivity index (χ0n) is 11.8. The molecule has 1 amide bonds. The molecule has 0 aliphatic carbocycles. The van der Waals surface area contributed by atoms with Crippen molar-refractivity contribution < 1.29 is 9.53 Å². The highest BCUT2D eigenvalue weighted by Gasteiger charge is 2.08. The Balaban J connectivity index is 2.12. The normalized spacial score (nSPS) is 9.76. The standard InChI is InChI=1S/C15H15N3O2S/c1-10(19)18-13-5-6-21-15(13)9-17-12-4-3-11(8-16)7-14(12)20-2/h3-7,17H,9H2,1-2H3,(H,18,19). The number of nitrogens with one attached hydrogen (secondary N) is 2. The third-order valence-electron chi connectivity index (χ3n) is 2.83. The Hall–Kier alpha value is -2.52. The van der Waals surface area contributed by atoms with Crippen LogP contribution in [0, 0.1) is 11.3 Å². The predicted molar refractivity (Wildman–Crippen MR) is 83.7 cm³/mol. The van der Waals surface area contributed by atoms with Crippen molar-refractivity contribution in [3.05, 3.63) is 40.1 Å². The van der Waals surface area contributed by atoms with Crippen molar-refractivity contribution in [2.75, 3.05) is 17.7 Å². The molecule has 0 atom stereocenters. The van der Waals surface area contributed by atoms with E-state index < -0.39 is 0 Å². The Morgan fingerprint density at radius 1 is 1.38 bits per heavy atom. The van der Waals surface area contributed by atoms with E-state index in [-0.39, 0.29) is 5.91 Å². The highest BCUT2D eigenvalue weighted by Crippen LogP contribution is 2.28. The third kappa shape index (κ3) is 3.74. The SMILES string of the molecule is COc1cc(C#N)ccc1NCc1sccc1NC(C)=O. The van der Waals surface area contributed by atoms with E-state index in [4.69, 9.17) is 10.00 Å². The fraction of sp³-hybridized carbons (Fsp3) is 0.200. The van der Waals surface area contributed by atoms with Gasteiger partial charge in [0.15, 0.2) is 0 Å². The van der Waals surface area contributed by atoms with Crippen molar-refractivity contribution >= 4 is 28.6 Å². The first kappa shape index (κ1) is 14.9. The molecule has 0 bridgehead atoms. The third-order valence-corrected chi connectivity index (χ3v) is 3.75. The largest absolute Gasteiger partial charge is 0.495 e. The number of benzene rings is 1. The van der Waals surface area contributed by atoms with Crippen LogP contribution in [-0.4, -0.2) is 13.0 Å². The van der Waals surface area contributed by atoms with Crippen LogP contribution in [0.1, 0.15) is 17.4 Å². The number of nitrogens with zero attached hydrogens (tertiary/aromatic N) is 1. The Morgan fingerprint density at radius 3 is 2.86 bits per heavy atom. The molecule has 0 aliphatic rings. The Morgan fingerprint density at radius 2 is 2.19 bits per heavy atom. The summed E-state index contributed by atoms with van der Waals surface area (Å²) in [6, 6.07) is 9.17. The van der Waals surface area contributed by atoms with Crippen LogP contribution in [0.4, 0.5) is 11.4 Å². The monoisotopic (exact) mass is 301 g/mol. The Bertz CT molecular complexity index is 688. The van der Waals surface area contributed by atoms with Crippen molar-refractivity contribution in [3.63, 3.8) is 0 Å². The smallest absolute Gasteiger partial charge is 0.221 e. The lowest BCUT2D eigenvalue weighted by Crippen LogP contribution is -2.08. The molecule has 0 saturated carbocycles. The summed E-state index contributed by atoms with van der Waals surface area (Å²) in [5.74, 6) is 0.525. The van der Waals surface area contributed by atoms with Gasteiger partial charge in [-0.2, -0.15) is 5.26 Å². The maximum absolute atomic E-state index is 11.1. The Kier molecular flexibility index (Phi) is 4.80. The van der Waals surface area contributed by atoms with Crippen LogP contribution < -0.4 is 15.4 Å². The number of hydrogen-bond acceptors (Lipinski definition) is 5. The van der Waals surface area contributed by atoms with Gasteiger partial charge in [0, 0.05) is 17.9 Å². The number of amides is 1. The summed E-state index contributed by atoms with van der Waals surface area (Å²) in [6.45, 7) is 2.05. The lowest BCUT2D eigenvalue weighted by atomic mass is 10.2. The van der Waals surface area contributed by atoms with Gasteiger partial charge in [0.1, 0.15) is 5.75 Å². The van der Waals surface area contributed by atoms with Crippen molar-refractivity contribution in [1.29, 1.82) is 5.26 Å². The van der Waals surface area contributed by atoms with Gasteiger partial charge in [-0.3, -0.25) is 4.79 Å². The quantitative estimate of drug-likeness (QED) is 0.889. The summed E-state index contributed by atoms with van der Waals surface area (Å²) >= 11 is 1.56. The maximum Gasteiger partial charge on any atom is 0.221 e. The van der Waals surface area contributed by atoms with Gasteiger partial charge >= 0.3 is 0 Å². The lowest BCUT2D eigenvalue weighted by Gasteiger charge is -2.11. The van der Waals surface area contributed by atoms with Gasteiger partial charge in [0.25, 0.3) is 0 Å². The number of carbonyl (C=O) groups is 1. The minimum atomic E-state index is -0.0920. The van der Waals surface area contributed by atoms with Gasteiger partial charge in [0.2, 0.25) is 5.91 Å². The van der Waals surface area contributed by atoms with E-state index in [1.165, 1.54) is 6.92 Å². The lowest BCUT2D eigenvalue weighted by molar-refractivity contribution is -0.114. The minimum Gasteiger partial charge on any atom is -0.495 e. The number of thiophene rings is 1. The fourth-order valence-corrected chi connectivity index (χ4v) is 2.63. The molecular formula is C15H15N3O2S. The predicted octanol–water partition coefficient (Wildman–Crippen LogP) is 3.20. The topological polar surface area (TPSA) is 74.2 Å². The van der Waals surface area contributed by atoms with Crippen molar-refractivity contribution in [3.8, 4) is 11.8 Å². The van der Waals surface area contributed by atoms with Gasteiger partial charge < -0.3 is 15.4 Å². The first-order valence-corrected chi connectivity index (χ1v) is 7.18. The first-order valence-electron chi connectivity index (χ1n) is 6.30. The molecule has 1 aromatic carbocycles. The average molecular weight is 301 g/mol. The molecule has 5 nitrogen and oxygen atoms in total. The summed E-state index contributed by atoms with van der Waals surface area (Å²) in [5.41, 5.74) is 2.17. The number of hydrogen-bond donors (Lipinski definition) is 2. The highest BCUT2D eigenvalue weighted by atomic mass is 32.1. The van der Waals surface area contributed by atoms with Gasteiger partial charge in [-0.15, -0.1) is 11.3 Å². The van der Waals surface area contributed by atoms with E-state index in [1.54, 1.807) is 30.6 Å². The molecule has 1 aromatic heterocycles. The Labute approximate surface area is 127 Å². The van der Waals surface area contributed by atoms with E-state index in [9.17, 15) is 4.79 Å². The van der Waals surface area contributed by atoms with E-state index >= 15 is 0 Å². The van der Waals surface area contributed by atoms with Crippen LogP contribution in [0.15, 0.2) is 29.6 Å². The number of methoxy groups -OCH3 is 1. The fourth-order valence-electron chi connectivity index (χ4n) is 1.86. The molecule has 1 heterocycles. The number of nitriles is 1. The molecular weight excluding hydrogens is 286 g/mol. The second-order valence-electron chi connectivity index (χ2n) is 4.32. The second-order valence-corrected chi connectivity index (χ2v) is 5.32. The number of carbonyl (C=O) groups excluding carboxylic acids is 1. The molecule has 0 radical (unpaired) electrons. The van der Waals surface area contributed by atoms with Crippen LogP contribution in [0.25, 0.3) is 0 Å². The van der Waals surface area contributed by atoms with Crippen LogP contribution in [-0.2, 0) is 11.3 Å². The van der Waals surface area contributed by atoms with Crippen LogP contribution in [0.3, 0.4) is 0 Å². The van der Waals surface area contributed by atoms with Gasteiger partial charge in [0.05, 0.1) is 36.7 Å². The summed E-state index contributed by atoms with van der Waals surface area (Å²) in [4.78, 5) is 12.2. The molecule has 0 fully saturated rings. The van der Waals surface area contributed by atoms with E-state index in [0.717, 1.165) is 16.3 Å². The van der Waals surface area contributed by atoms with E-state index in [2.05, 4.69) is 16.7 Å². The second kappa shape index (κ2) is 6.77. The molecule has 108 valence electrons. The van der Waals surface area contributed by atoms with E-state index in [1.807, 2.05) is 17.5 Å². The number of ether oxygens (including phenoxy) is 1. The molecule has 21 heavy (non-hydrogen) atoms. The van der Waals surface area contributed by atoms with Gasteiger partial charge in [-0.25, -0.2) is 0 Å². The number of rotatable bonds is 5. The molecule has 0 unspecified atom stereocenters. The molecule has 0 aliphatic heterocycles. The zero-order valence-corrected chi connectivity index (χ0v) is 12.6. The van der Waals surface area contributed by atoms with Crippen molar-refractivity contribution in [2.45, 2.75) is 13.5 Å². The summed E-state index contributed by atoms with van der Waals surface area (Å²) in [7, 11) is 1.57. The molecule has 6 heteroatoms. The van der Waals surface area contributed by atoms with Crippen molar-refractivity contribution in [1.82, 2.24) is 0 Å². The number of anilines is 2. The minimum absolute atomic E-state index is 0.0920.